The fourth-order valence-electron chi connectivity index (χ4n) is 1.77. The molecule has 1 amide bonds. The normalized spacial score (nSPS) is 14.1. The Kier molecular flexibility index (Phi) is 8.39. The van der Waals surface area contributed by atoms with Gasteiger partial charge in [0.05, 0.1) is 19.6 Å². The quantitative estimate of drug-likeness (QED) is 0.678. The van der Waals surface area contributed by atoms with Crippen LogP contribution in [0, 0.1) is 11.8 Å². The first-order valence-corrected chi connectivity index (χ1v) is 6.94. The minimum Gasteiger partial charge on any atom is -0.469 e. The topological polar surface area (TPSA) is 72.6 Å². The van der Waals surface area contributed by atoms with E-state index in [-0.39, 0.29) is 24.2 Å². The molecule has 0 aromatic heterocycles. The second kappa shape index (κ2) is 8.91. The molecule has 0 aromatic carbocycles. The molecule has 0 aliphatic heterocycles. The highest BCUT2D eigenvalue weighted by atomic mass is 16.5. The zero-order valence-corrected chi connectivity index (χ0v) is 12.8. The highest BCUT2D eigenvalue weighted by Crippen LogP contribution is 2.11. The first kappa shape index (κ1) is 17.9. The Hall–Kier alpha value is -1.10. The number of amides is 1. The zero-order chi connectivity index (χ0) is 15.0. The van der Waals surface area contributed by atoms with Crippen LogP contribution >= 0.6 is 0 Å². The molecule has 19 heavy (non-hydrogen) atoms. The third-order valence-electron chi connectivity index (χ3n) is 3.25. The van der Waals surface area contributed by atoms with E-state index < -0.39 is 6.04 Å². The second-order valence-electron chi connectivity index (χ2n) is 5.42. The smallest absolute Gasteiger partial charge is 0.307 e. The van der Waals surface area contributed by atoms with Crippen LogP contribution in [0.1, 0.15) is 40.5 Å². The minimum absolute atomic E-state index is 0.0769. The zero-order valence-electron chi connectivity index (χ0n) is 12.8. The van der Waals surface area contributed by atoms with Gasteiger partial charge in [0.1, 0.15) is 0 Å². The van der Waals surface area contributed by atoms with Crippen LogP contribution in [0.3, 0.4) is 0 Å². The summed E-state index contributed by atoms with van der Waals surface area (Å²) in [5.41, 5.74) is 5.98. The van der Waals surface area contributed by atoms with E-state index >= 15 is 0 Å². The van der Waals surface area contributed by atoms with Crippen LogP contribution in [0.5, 0.6) is 0 Å². The molecule has 0 bridgehead atoms. The summed E-state index contributed by atoms with van der Waals surface area (Å²) in [6, 6.07) is -0.499. The van der Waals surface area contributed by atoms with Gasteiger partial charge in [0.15, 0.2) is 0 Å². The van der Waals surface area contributed by atoms with Crippen molar-refractivity contribution in [3.05, 3.63) is 0 Å². The summed E-state index contributed by atoms with van der Waals surface area (Å²) < 4.78 is 4.61. The van der Waals surface area contributed by atoms with E-state index in [1.165, 1.54) is 7.11 Å². The van der Waals surface area contributed by atoms with Gasteiger partial charge in [-0.25, -0.2) is 0 Å². The van der Waals surface area contributed by atoms with Crippen molar-refractivity contribution in [2.45, 2.75) is 46.6 Å². The lowest BCUT2D eigenvalue weighted by Crippen LogP contribution is -2.48. The van der Waals surface area contributed by atoms with Gasteiger partial charge >= 0.3 is 5.97 Å². The van der Waals surface area contributed by atoms with E-state index in [1.54, 1.807) is 4.90 Å². The van der Waals surface area contributed by atoms with Gasteiger partial charge in [0.25, 0.3) is 0 Å². The number of hydrogen-bond acceptors (Lipinski definition) is 4. The van der Waals surface area contributed by atoms with Gasteiger partial charge in [-0.1, -0.05) is 34.1 Å². The third-order valence-corrected chi connectivity index (χ3v) is 3.25. The summed E-state index contributed by atoms with van der Waals surface area (Å²) in [6.45, 7) is 9.03. The molecule has 112 valence electrons. The molecule has 2 N–H and O–H groups in total. The van der Waals surface area contributed by atoms with E-state index in [0.717, 1.165) is 6.42 Å². The number of carbonyl (C=O) groups excluding carboxylic acids is 2. The molecule has 0 unspecified atom stereocenters. The standard InChI is InChI=1S/C14H28N2O3/c1-6-11(4)13(15)14(18)16(9-10(2)3)8-7-12(17)19-5/h10-11,13H,6-9,15H2,1-5H3/t11-,13-/m0/s1. The highest BCUT2D eigenvalue weighted by molar-refractivity contribution is 5.82. The average Bonchev–Trinajstić information content (AvgIpc) is 2.39. The molecule has 0 saturated carbocycles. The molecular weight excluding hydrogens is 244 g/mol. The fourth-order valence-corrected chi connectivity index (χ4v) is 1.77. The fraction of sp³-hybridized carbons (Fsp3) is 0.857. The number of rotatable bonds is 8. The van der Waals surface area contributed by atoms with Crippen molar-refractivity contribution < 1.29 is 14.3 Å². The number of esters is 1. The Balaban J connectivity index is 4.64. The monoisotopic (exact) mass is 272 g/mol. The van der Waals surface area contributed by atoms with Crippen LogP contribution in [0.2, 0.25) is 0 Å². The molecule has 2 atom stereocenters. The number of nitrogens with two attached hydrogens (primary N) is 1. The van der Waals surface area contributed by atoms with E-state index in [2.05, 4.69) is 4.74 Å². The van der Waals surface area contributed by atoms with Crippen LogP contribution in [-0.4, -0.2) is 43.0 Å². The molecule has 0 saturated heterocycles. The van der Waals surface area contributed by atoms with Crippen LogP contribution < -0.4 is 5.73 Å². The van der Waals surface area contributed by atoms with Gasteiger partial charge in [-0.05, 0) is 11.8 Å². The highest BCUT2D eigenvalue weighted by Gasteiger charge is 2.25. The van der Waals surface area contributed by atoms with Crippen LogP contribution in [0.4, 0.5) is 0 Å². The summed E-state index contributed by atoms with van der Waals surface area (Å²) in [7, 11) is 1.35. The molecule has 0 aliphatic carbocycles. The SMILES string of the molecule is CC[C@H](C)[C@H](N)C(=O)N(CCC(=O)OC)CC(C)C. The van der Waals surface area contributed by atoms with Crippen LogP contribution in [0.15, 0.2) is 0 Å². The first-order chi connectivity index (χ1) is 8.83. The minimum atomic E-state index is -0.499. The summed E-state index contributed by atoms with van der Waals surface area (Å²) in [6.07, 6.45) is 1.07. The molecule has 0 radical (unpaired) electrons. The maximum Gasteiger partial charge on any atom is 0.307 e. The van der Waals surface area contributed by atoms with Crippen molar-refractivity contribution in [2.75, 3.05) is 20.2 Å². The number of carbonyl (C=O) groups is 2. The first-order valence-electron chi connectivity index (χ1n) is 6.94. The van der Waals surface area contributed by atoms with Crippen LogP contribution in [-0.2, 0) is 14.3 Å². The van der Waals surface area contributed by atoms with Gasteiger partial charge in [0.2, 0.25) is 5.91 Å². The summed E-state index contributed by atoms with van der Waals surface area (Å²) in [5.74, 6) is 0.0941. The van der Waals surface area contributed by atoms with Crippen molar-refractivity contribution in [1.29, 1.82) is 0 Å². The maximum absolute atomic E-state index is 12.3. The molecule has 0 aromatic rings. The predicted molar refractivity (Wildman–Crippen MR) is 75.5 cm³/mol. The van der Waals surface area contributed by atoms with E-state index in [9.17, 15) is 9.59 Å². The van der Waals surface area contributed by atoms with Crippen molar-refractivity contribution in [3.63, 3.8) is 0 Å². The van der Waals surface area contributed by atoms with E-state index in [1.807, 2.05) is 27.7 Å². The molecule has 5 nitrogen and oxygen atoms in total. The number of nitrogens with zero attached hydrogens (tertiary/aromatic N) is 1. The number of ether oxygens (including phenoxy) is 1. The van der Waals surface area contributed by atoms with Crippen LogP contribution in [0.25, 0.3) is 0 Å². The van der Waals surface area contributed by atoms with Gasteiger partial charge < -0.3 is 15.4 Å². The average molecular weight is 272 g/mol. The summed E-state index contributed by atoms with van der Waals surface area (Å²) in [5, 5.41) is 0. The molecule has 0 aliphatic rings. The van der Waals surface area contributed by atoms with E-state index in [4.69, 9.17) is 5.73 Å². The van der Waals surface area contributed by atoms with Crippen molar-refractivity contribution >= 4 is 11.9 Å². The molecule has 0 rings (SSSR count). The molecule has 0 spiro atoms. The maximum atomic E-state index is 12.3. The Morgan fingerprint density at radius 3 is 2.26 bits per heavy atom. The lowest BCUT2D eigenvalue weighted by Gasteiger charge is -2.29. The second-order valence-corrected chi connectivity index (χ2v) is 5.42. The largest absolute Gasteiger partial charge is 0.469 e. The summed E-state index contributed by atoms with van der Waals surface area (Å²) >= 11 is 0. The van der Waals surface area contributed by atoms with Crippen molar-refractivity contribution in [1.82, 2.24) is 4.90 Å². The Labute approximate surface area is 116 Å². The number of methoxy groups -OCH3 is 1. The lowest BCUT2D eigenvalue weighted by molar-refractivity contribution is -0.142. The number of hydrogen-bond donors (Lipinski definition) is 1. The van der Waals surface area contributed by atoms with Crippen molar-refractivity contribution in [2.24, 2.45) is 17.6 Å². The molecular formula is C14H28N2O3. The van der Waals surface area contributed by atoms with Crippen molar-refractivity contribution in [3.8, 4) is 0 Å². The molecule has 0 fully saturated rings. The van der Waals surface area contributed by atoms with Gasteiger partial charge in [-0.3, -0.25) is 9.59 Å². The van der Waals surface area contributed by atoms with Gasteiger partial charge in [-0.15, -0.1) is 0 Å². The third kappa shape index (κ3) is 6.57. The predicted octanol–water partition coefficient (Wildman–Crippen LogP) is 1.41. The Bertz CT molecular complexity index is 292. The van der Waals surface area contributed by atoms with E-state index in [0.29, 0.717) is 19.0 Å². The Morgan fingerprint density at radius 2 is 1.84 bits per heavy atom. The van der Waals surface area contributed by atoms with Gasteiger partial charge in [-0.2, -0.15) is 0 Å². The lowest BCUT2D eigenvalue weighted by atomic mass is 9.98. The Morgan fingerprint density at radius 1 is 1.26 bits per heavy atom. The summed E-state index contributed by atoms with van der Waals surface area (Å²) in [4.78, 5) is 25.2. The molecule has 0 heterocycles. The van der Waals surface area contributed by atoms with Gasteiger partial charge in [0, 0.05) is 13.1 Å². The molecule has 5 heteroatoms.